The summed E-state index contributed by atoms with van der Waals surface area (Å²) in [7, 11) is 0. The minimum atomic E-state index is -4.48. The molecule has 1 aliphatic rings. The van der Waals surface area contributed by atoms with Crippen LogP contribution in [0.5, 0.6) is 11.5 Å². The lowest BCUT2D eigenvalue weighted by atomic mass is 10.2. The van der Waals surface area contributed by atoms with E-state index in [1.54, 1.807) is 24.3 Å². The molecular formula is C19H14F3N3O3. The highest BCUT2D eigenvalue weighted by molar-refractivity contribution is 5.97. The highest BCUT2D eigenvalue weighted by atomic mass is 19.4. The van der Waals surface area contributed by atoms with E-state index in [1.807, 2.05) is 0 Å². The lowest BCUT2D eigenvalue weighted by Crippen LogP contribution is -2.24. The minimum absolute atomic E-state index is 0.103. The average Bonchev–Trinajstić information content (AvgIpc) is 3.14. The number of benzene rings is 2. The first-order chi connectivity index (χ1) is 13.4. The topological polar surface area (TPSA) is 83.4 Å². The second kappa shape index (κ2) is 7.92. The van der Waals surface area contributed by atoms with Crippen LogP contribution in [0, 0.1) is 11.3 Å². The van der Waals surface area contributed by atoms with E-state index in [-0.39, 0.29) is 24.6 Å². The second-order valence-electron chi connectivity index (χ2n) is 5.76. The van der Waals surface area contributed by atoms with Crippen LogP contribution in [0.1, 0.15) is 11.1 Å². The molecule has 2 aromatic carbocycles. The molecule has 0 radical (unpaired) electrons. The Morgan fingerprint density at radius 1 is 1.18 bits per heavy atom. The molecule has 0 atom stereocenters. The van der Waals surface area contributed by atoms with Crippen molar-refractivity contribution in [1.82, 2.24) is 5.32 Å². The number of halogens is 3. The molecular weight excluding hydrogens is 375 g/mol. The number of hydrogen-bond acceptors (Lipinski definition) is 5. The standard InChI is InChI=1S/C19H14F3N3O3/c20-19(21,22)14-2-1-3-15(7-14)24-10-13(8-23)18(26)25-9-12-4-5-16-17(6-12)28-11-27-16/h1-7,10,24H,9,11H2,(H,25,26)/b13-10-. The molecule has 28 heavy (non-hydrogen) atoms. The number of hydrogen-bond donors (Lipinski definition) is 2. The number of fused-ring (bicyclic) bond motifs is 1. The number of ether oxygens (including phenoxy) is 2. The summed E-state index contributed by atoms with van der Waals surface area (Å²) >= 11 is 0. The zero-order chi connectivity index (χ0) is 20.1. The van der Waals surface area contributed by atoms with Gasteiger partial charge in [-0.25, -0.2) is 0 Å². The summed E-state index contributed by atoms with van der Waals surface area (Å²) in [5, 5.41) is 14.3. The summed E-state index contributed by atoms with van der Waals surface area (Å²) in [6, 6.07) is 11.3. The van der Waals surface area contributed by atoms with E-state index in [9.17, 15) is 18.0 Å². The molecule has 0 fully saturated rings. The fourth-order valence-electron chi connectivity index (χ4n) is 2.42. The van der Waals surface area contributed by atoms with Gasteiger partial charge in [0.25, 0.3) is 5.91 Å². The number of anilines is 1. The summed E-state index contributed by atoms with van der Waals surface area (Å²) in [5.41, 5.74) is -0.276. The van der Waals surface area contributed by atoms with Crippen molar-refractivity contribution in [3.05, 3.63) is 65.4 Å². The molecule has 0 saturated heterocycles. The number of carbonyl (C=O) groups is 1. The largest absolute Gasteiger partial charge is 0.454 e. The number of rotatable bonds is 5. The number of nitrogens with zero attached hydrogens (tertiary/aromatic N) is 1. The van der Waals surface area contributed by atoms with Gasteiger partial charge in [0.15, 0.2) is 11.5 Å². The van der Waals surface area contributed by atoms with Gasteiger partial charge in [-0.2, -0.15) is 18.4 Å². The monoisotopic (exact) mass is 389 g/mol. The number of nitrogens with one attached hydrogen (secondary N) is 2. The van der Waals surface area contributed by atoms with Crippen LogP contribution in [0.2, 0.25) is 0 Å². The van der Waals surface area contributed by atoms with Crippen molar-refractivity contribution in [2.24, 2.45) is 0 Å². The Hall–Kier alpha value is -3.67. The van der Waals surface area contributed by atoms with Crippen molar-refractivity contribution in [2.75, 3.05) is 12.1 Å². The maximum absolute atomic E-state index is 12.7. The third-order valence-electron chi connectivity index (χ3n) is 3.83. The Morgan fingerprint density at radius 2 is 1.96 bits per heavy atom. The van der Waals surface area contributed by atoms with Crippen LogP contribution in [-0.4, -0.2) is 12.7 Å². The summed E-state index contributed by atoms with van der Waals surface area (Å²) < 4.78 is 48.6. The molecule has 6 nitrogen and oxygen atoms in total. The van der Waals surface area contributed by atoms with Crippen molar-refractivity contribution < 1.29 is 27.4 Å². The first-order valence-electron chi connectivity index (χ1n) is 8.07. The van der Waals surface area contributed by atoms with Crippen LogP contribution in [-0.2, 0) is 17.5 Å². The molecule has 1 amide bonds. The first-order valence-corrected chi connectivity index (χ1v) is 8.07. The van der Waals surface area contributed by atoms with E-state index >= 15 is 0 Å². The first kappa shape index (κ1) is 19.1. The van der Waals surface area contributed by atoms with Gasteiger partial charge in [0, 0.05) is 18.4 Å². The van der Waals surface area contributed by atoms with E-state index in [4.69, 9.17) is 14.7 Å². The molecule has 0 unspecified atom stereocenters. The lowest BCUT2D eigenvalue weighted by molar-refractivity contribution is -0.137. The van der Waals surface area contributed by atoms with Crippen LogP contribution in [0.3, 0.4) is 0 Å². The van der Waals surface area contributed by atoms with Crippen LogP contribution in [0.25, 0.3) is 0 Å². The molecule has 144 valence electrons. The molecule has 0 bridgehead atoms. The van der Waals surface area contributed by atoms with Crippen molar-refractivity contribution in [3.8, 4) is 17.6 Å². The van der Waals surface area contributed by atoms with Gasteiger partial charge in [-0.3, -0.25) is 4.79 Å². The van der Waals surface area contributed by atoms with E-state index in [0.717, 1.165) is 23.9 Å². The maximum Gasteiger partial charge on any atom is 0.416 e. The number of amides is 1. The summed E-state index contributed by atoms with van der Waals surface area (Å²) in [6.45, 7) is 0.270. The molecule has 3 rings (SSSR count). The van der Waals surface area contributed by atoms with Crippen molar-refractivity contribution in [1.29, 1.82) is 5.26 Å². The average molecular weight is 389 g/mol. The van der Waals surface area contributed by atoms with E-state index in [1.165, 1.54) is 12.1 Å². The van der Waals surface area contributed by atoms with Gasteiger partial charge in [0.1, 0.15) is 11.6 Å². The van der Waals surface area contributed by atoms with Crippen LogP contribution >= 0.6 is 0 Å². The van der Waals surface area contributed by atoms with Crippen LogP contribution in [0.4, 0.5) is 18.9 Å². The van der Waals surface area contributed by atoms with Crippen molar-refractivity contribution in [3.63, 3.8) is 0 Å². The molecule has 0 saturated carbocycles. The molecule has 1 aliphatic heterocycles. The van der Waals surface area contributed by atoms with Gasteiger partial charge in [-0.1, -0.05) is 12.1 Å². The van der Waals surface area contributed by atoms with E-state index in [2.05, 4.69) is 10.6 Å². The van der Waals surface area contributed by atoms with Gasteiger partial charge in [-0.05, 0) is 35.9 Å². The van der Waals surface area contributed by atoms with Gasteiger partial charge in [0.2, 0.25) is 6.79 Å². The van der Waals surface area contributed by atoms with Gasteiger partial charge in [0.05, 0.1) is 5.56 Å². The molecule has 0 aliphatic carbocycles. The third-order valence-corrected chi connectivity index (χ3v) is 3.83. The molecule has 2 N–H and O–H groups in total. The van der Waals surface area contributed by atoms with Gasteiger partial charge < -0.3 is 20.1 Å². The van der Waals surface area contributed by atoms with E-state index < -0.39 is 17.6 Å². The Balaban J connectivity index is 1.62. The Kier molecular flexibility index (Phi) is 5.40. The van der Waals surface area contributed by atoms with E-state index in [0.29, 0.717) is 11.5 Å². The van der Waals surface area contributed by atoms with Gasteiger partial charge in [-0.15, -0.1) is 0 Å². The maximum atomic E-state index is 12.7. The molecule has 1 heterocycles. The predicted octanol–water partition coefficient (Wildman–Crippen LogP) is 3.57. The molecule has 0 aromatic heterocycles. The highest BCUT2D eigenvalue weighted by Gasteiger charge is 2.30. The summed E-state index contributed by atoms with van der Waals surface area (Å²) in [6.07, 6.45) is -3.42. The van der Waals surface area contributed by atoms with Crippen molar-refractivity contribution >= 4 is 11.6 Å². The summed E-state index contributed by atoms with van der Waals surface area (Å²) in [4.78, 5) is 12.2. The Bertz CT molecular complexity index is 965. The zero-order valence-corrected chi connectivity index (χ0v) is 14.3. The SMILES string of the molecule is N#C/C(=C/Nc1cccc(C(F)(F)F)c1)C(=O)NCc1ccc2c(c1)OCO2. The number of carbonyl (C=O) groups excluding carboxylic acids is 1. The fraction of sp³-hybridized carbons (Fsp3) is 0.158. The Morgan fingerprint density at radius 3 is 2.71 bits per heavy atom. The number of alkyl halides is 3. The number of nitriles is 1. The van der Waals surface area contributed by atoms with Crippen LogP contribution < -0.4 is 20.1 Å². The molecule has 9 heteroatoms. The Labute approximate surface area is 158 Å². The quantitative estimate of drug-likeness (QED) is 0.603. The van der Waals surface area contributed by atoms with Gasteiger partial charge >= 0.3 is 6.18 Å². The predicted molar refractivity (Wildman–Crippen MR) is 93.2 cm³/mol. The lowest BCUT2D eigenvalue weighted by Gasteiger charge is -2.09. The molecule has 0 spiro atoms. The summed E-state index contributed by atoms with van der Waals surface area (Å²) in [5.74, 6) is 0.506. The normalized spacial score (nSPS) is 13.0. The molecule has 2 aromatic rings. The third kappa shape index (κ3) is 4.54. The smallest absolute Gasteiger partial charge is 0.416 e. The second-order valence-corrected chi connectivity index (χ2v) is 5.76. The minimum Gasteiger partial charge on any atom is -0.454 e. The van der Waals surface area contributed by atoms with Crippen LogP contribution in [0.15, 0.2) is 54.2 Å². The fourth-order valence-corrected chi connectivity index (χ4v) is 2.42. The highest BCUT2D eigenvalue weighted by Crippen LogP contribution is 2.32. The van der Waals surface area contributed by atoms with Crippen molar-refractivity contribution in [2.45, 2.75) is 12.7 Å². The zero-order valence-electron chi connectivity index (χ0n) is 14.3.